The van der Waals surface area contributed by atoms with Gasteiger partial charge in [0.2, 0.25) is 11.8 Å². The summed E-state index contributed by atoms with van der Waals surface area (Å²) in [5.74, 6) is 0.792. The minimum atomic E-state index is -0.127. The molecule has 208 valence electrons. The highest BCUT2D eigenvalue weighted by atomic mass is 16.5. The Morgan fingerprint density at radius 2 is 1.62 bits per heavy atom. The number of rotatable bonds is 8. The lowest BCUT2D eigenvalue weighted by molar-refractivity contribution is -0.130. The average molecular weight is 534 g/mol. The smallest absolute Gasteiger partial charge is 0.251 e. The van der Waals surface area contributed by atoms with Gasteiger partial charge in [0.1, 0.15) is 5.75 Å². The third-order valence-electron chi connectivity index (χ3n) is 8.06. The number of carbonyl (C=O) groups is 3. The van der Waals surface area contributed by atoms with Crippen LogP contribution in [0, 0.1) is 5.92 Å². The van der Waals surface area contributed by atoms with E-state index in [1.54, 1.807) is 13.2 Å². The van der Waals surface area contributed by atoms with E-state index in [0.717, 1.165) is 55.5 Å². The maximum absolute atomic E-state index is 13.1. The van der Waals surface area contributed by atoms with Gasteiger partial charge >= 0.3 is 0 Å². The van der Waals surface area contributed by atoms with Crippen LogP contribution in [-0.4, -0.2) is 68.0 Å². The van der Waals surface area contributed by atoms with Crippen LogP contribution in [0.2, 0.25) is 0 Å². The number of nitrogens with two attached hydrogens (primary N) is 1. The van der Waals surface area contributed by atoms with Gasteiger partial charge in [0.15, 0.2) is 0 Å². The Morgan fingerprint density at radius 1 is 0.923 bits per heavy atom. The third-order valence-corrected chi connectivity index (χ3v) is 8.06. The van der Waals surface area contributed by atoms with Crippen LogP contribution in [0.15, 0.2) is 42.5 Å². The molecule has 3 amide bonds. The normalized spacial score (nSPS) is 21.3. The molecule has 3 aliphatic rings. The number of hydrogen-bond acceptors (Lipinski definition) is 6. The molecule has 1 aliphatic heterocycles. The van der Waals surface area contributed by atoms with E-state index >= 15 is 0 Å². The number of anilines is 2. The third kappa shape index (κ3) is 6.89. The SMILES string of the molecule is COc1ccc(CC(=O)N2CCN(c3ccc(C(=O)NC4CCC(N)CC4)cc3NC(=O)C3CC3)CC2)cc1. The van der Waals surface area contributed by atoms with Gasteiger partial charge in [-0.25, -0.2) is 0 Å². The lowest BCUT2D eigenvalue weighted by atomic mass is 9.91. The molecule has 0 bridgehead atoms. The van der Waals surface area contributed by atoms with Crippen molar-refractivity contribution in [2.24, 2.45) is 11.7 Å². The zero-order valence-corrected chi connectivity index (χ0v) is 22.7. The summed E-state index contributed by atoms with van der Waals surface area (Å²) >= 11 is 0. The number of ether oxygens (including phenoxy) is 1. The van der Waals surface area contributed by atoms with Crippen LogP contribution in [0.3, 0.4) is 0 Å². The highest BCUT2D eigenvalue weighted by Crippen LogP contribution is 2.34. The van der Waals surface area contributed by atoms with Crippen LogP contribution in [0.25, 0.3) is 0 Å². The summed E-state index contributed by atoms with van der Waals surface area (Å²) in [6.07, 6.45) is 5.77. The van der Waals surface area contributed by atoms with Crippen molar-refractivity contribution in [3.8, 4) is 5.75 Å². The van der Waals surface area contributed by atoms with Gasteiger partial charge < -0.3 is 30.9 Å². The van der Waals surface area contributed by atoms with Crippen LogP contribution in [0.5, 0.6) is 5.75 Å². The molecule has 0 unspecified atom stereocenters. The fraction of sp³-hybridized carbons (Fsp3) is 0.500. The van der Waals surface area contributed by atoms with E-state index in [9.17, 15) is 14.4 Å². The van der Waals surface area contributed by atoms with Crippen molar-refractivity contribution in [3.05, 3.63) is 53.6 Å². The van der Waals surface area contributed by atoms with Crippen LogP contribution >= 0.6 is 0 Å². The number of amides is 3. The monoisotopic (exact) mass is 533 g/mol. The fourth-order valence-electron chi connectivity index (χ4n) is 5.39. The quantitative estimate of drug-likeness (QED) is 0.480. The van der Waals surface area contributed by atoms with E-state index in [2.05, 4.69) is 15.5 Å². The van der Waals surface area contributed by atoms with Gasteiger partial charge in [0.25, 0.3) is 5.91 Å². The summed E-state index contributed by atoms with van der Waals surface area (Å²) in [7, 11) is 1.62. The van der Waals surface area contributed by atoms with Crippen molar-refractivity contribution in [2.45, 2.75) is 57.0 Å². The molecule has 1 saturated heterocycles. The van der Waals surface area contributed by atoms with E-state index in [0.29, 0.717) is 43.9 Å². The maximum atomic E-state index is 13.1. The standard InChI is InChI=1S/C30H39N5O4/c1-39-25-11-2-20(3-12-25)18-28(36)35-16-14-34(15-17-35)27-13-6-22(19-26(27)33-29(37)21-4-5-21)30(38)32-24-9-7-23(31)8-10-24/h2-3,6,11-13,19,21,23-24H,4-5,7-10,14-18,31H2,1H3,(H,32,38)(H,33,37). The summed E-state index contributed by atoms with van der Waals surface area (Å²) < 4.78 is 5.20. The first-order chi connectivity index (χ1) is 18.9. The van der Waals surface area contributed by atoms with Crippen LogP contribution in [0.4, 0.5) is 11.4 Å². The van der Waals surface area contributed by atoms with E-state index in [1.807, 2.05) is 41.3 Å². The minimum Gasteiger partial charge on any atom is -0.497 e. The number of benzene rings is 2. The molecular weight excluding hydrogens is 494 g/mol. The van der Waals surface area contributed by atoms with E-state index in [4.69, 9.17) is 10.5 Å². The molecule has 39 heavy (non-hydrogen) atoms. The van der Waals surface area contributed by atoms with Crippen molar-refractivity contribution < 1.29 is 19.1 Å². The summed E-state index contributed by atoms with van der Waals surface area (Å²) in [5, 5.41) is 6.23. The second kappa shape index (κ2) is 12.1. The van der Waals surface area contributed by atoms with Gasteiger partial charge in [-0.15, -0.1) is 0 Å². The molecule has 0 aromatic heterocycles. The molecule has 3 fully saturated rings. The van der Waals surface area contributed by atoms with Gasteiger partial charge in [-0.2, -0.15) is 0 Å². The second-order valence-corrected chi connectivity index (χ2v) is 11.0. The Labute approximate surface area is 230 Å². The molecule has 0 radical (unpaired) electrons. The highest BCUT2D eigenvalue weighted by molar-refractivity contribution is 6.01. The van der Waals surface area contributed by atoms with Crippen molar-refractivity contribution in [1.82, 2.24) is 10.2 Å². The Kier molecular flexibility index (Phi) is 8.35. The van der Waals surface area contributed by atoms with Gasteiger partial charge in [-0.3, -0.25) is 14.4 Å². The average Bonchev–Trinajstić information content (AvgIpc) is 3.81. The second-order valence-electron chi connectivity index (χ2n) is 11.0. The molecular formula is C30H39N5O4. The van der Waals surface area contributed by atoms with Crippen molar-refractivity contribution in [2.75, 3.05) is 43.5 Å². The fourth-order valence-corrected chi connectivity index (χ4v) is 5.39. The molecule has 2 saturated carbocycles. The van der Waals surface area contributed by atoms with Gasteiger partial charge in [-0.1, -0.05) is 12.1 Å². The number of methoxy groups -OCH3 is 1. The predicted molar refractivity (Wildman–Crippen MR) is 151 cm³/mol. The van der Waals surface area contributed by atoms with E-state index in [-0.39, 0.29) is 35.7 Å². The Bertz CT molecular complexity index is 1180. The topological polar surface area (TPSA) is 117 Å². The molecule has 9 nitrogen and oxygen atoms in total. The summed E-state index contributed by atoms with van der Waals surface area (Å²) in [4.78, 5) is 42.7. The lowest BCUT2D eigenvalue weighted by Crippen LogP contribution is -2.49. The largest absolute Gasteiger partial charge is 0.497 e. The van der Waals surface area contributed by atoms with Crippen molar-refractivity contribution in [3.63, 3.8) is 0 Å². The Morgan fingerprint density at radius 3 is 2.26 bits per heavy atom. The van der Waals surface area contributed by atoms with Crippen molar-refractivity contribution >= 4 is 29.1 Å². The summed E-state index contributed by atoms with van der Waals surface area (Å²) in [5.41, 5.74) is 9.04. The first-order valence-corrected chi connectivity index (χ1v) is 14.1. The minimum absolute atomic E-state index is 0.00313. The van der Waals surface area contributed by atoms with Gasteiger partial charge in [-0.05, 0) is 74.4 Å². The summed E-state index contributed by atoms with van der Waals surface area (Å²) in [6, 6.07) is 13.5. The highest BCUT2D eigenvalue weighted by Gasteiger charge is 2.31. The molecule has 0 spiro atoms. The molecule has 9 heteroatoms. The zero-order chi connectivity index (χ0) is 27.4. The zero-order valence-electron chi connectivity index (χ0n) is 22.7. The van der Waals surface area contributed by atoms with Crippen molar-refractivity contribution in [1.29, 1.82) is 0 Å². The first kappa shape index (κ1) is 27.0. The van der Waals surface area contributed by atoms with Gasteiger partial charge in [0.05, 0.1) is 24.9 Å². The number of hydrogen-bond donors (Lipinski definition) is 3. The Balaban J connectivity index is 1.23. The van der Waals surface area contributed by atoms with Crippen LogP contribution in [-0.2, 0) is 16.0 Å². The van der Waals surface area contributed by atoms with E-state index in [1.165, 1.54) is 0 Å². The number of nitrogens with zero attached hydrogens (tertiary/aromatic N) is 2. The maximum Gasteiger partial charge on any atom is 0.251 e. The van der Waals surface area contributed by atoms with Crippen LogP contribution < -0.4 is 26.0 Å². The predicted octanol–water partition coefficient (Wildman–Crippen LogP) is 2.93. The lowest BCUT2D eigenvalue weighted by Gasteiger charge is -2.37. The van der Waals surface area contributed by atoms with E-state index < -0.39 is 0 Å². The molecule has 0 atom stereocenters. The molecule has 1 heterocycles. The van der Waals surface area contributed by atoms with Gasteiger partial charge in [0, 0.05) is 49.7 Å². The first-order valence-electron chi connectivity index (χ1n) is 14.1. The number of piperazine rings is 1. The molecule has 5 rings (SSSR count). The molecule has 2 aromatic carbocycles. The summed E-state index contributed by atoms with van der Waals surface area (Å²) in [6.45, 7) is 2.48. The molecule has 2 aliphatic carbocycles. The Hall–Kier alpha value is -3.59. The molecule has 2 aromatic rings. The number of nitrogens with one attached hydrogen (secondary N) is 2. The number of carbonyl (C=O) groups excluding carboxylic acids is 3. The van der Waals surface area contributed by atoms with Crippen LogP contribution in [0.1, 0.15) is 54.4 Å². The molecule has 4 N–H and O–H groups in total.